The van der Waals surface area contributed by atoms with Crippen LogP contribution in [-0.4, -0.2) is 56.9 Å². The number of fused-ring (bicyclic) bond motifs is 2. The second-order valence-corrected chi connectivity index (χ2v) is 8.30. The van der Waals surface area contributed by atoms with E-state index in [9.17, 15) is 4.79 Å². The van der Waals surface area contributed by atoms with E-state index >= 15 is 0 Å². The third-order valence-corrected chi connectivity index (χ3v) is 6.55. The van der Waals surface area contributed by atoms with Crippen molar-refractivity contribution in [2.45, 2.75) is 26.3 Å². The average molecular weight is 403 g/mol. The lowest BCUT2D eigenvalue weighted by molar-refractivity contribution is 0.0664. The molecular formula is C23H26N6O. The van der Waals surface area contributed by atoms with Crippen LogP contribution < -0.4 is 4.90 Å². The maximum atomic E-state index is 13.4. The maximum absolute atomic E-state index is 13.4. The van der Waals surface area contributed by atoms with Crippen LogP contribution in [0.15, 0.2) is 42.9 Å². The van der Waals surface area contributed by atoms with Crippen molar-refractivity contribution in [2.24, 2.45) is 5.92 Å². The molecule has 5 rings (SSSR count). The minimum atomic E-state index is 0.0727. The number of anilines is 1. The first-order valence-corrected chi connectivity index (χ1v) is 10.4. The number of hydrogen-bond acceptors (Lipinski definition) is 4. The number of nitrogens with one attached hydrogen (secondary N) is 2. The molecule has 0 radical (unpaired) electrons. The monoisotopic (exact) mass is 402 g/mol. The van der Waals surface area contributed by atoms with E-state index in [1.165, 1.54) is 0 Å². The SMILES string of the molecule is Cc1c(C(=O)N2CCC(C)C(N(C)c3ncnc4[nH]ccc34)C2)[nH]c2ccccc12. The zero-order valence-electron chi connectivity index (χ0n) is 17.5. The second kappa shape index (κ2) is 7.16. The van der Waals surface area contributed by atoms with Gasteiger partial charge in [0.15, 0.2) is 0 Å². The predicted octanol–water partition coefficient (Wildman–Crippen LogP) is 3.73. The van der Waals surface area contributed by atoms with E-state index in [1.54, 1.807) is 6.33 Å². The summed E-state index contributed by atoms with van der Waals surface area (Å²) in [7, 11) is 2.07. The first-order chi connectivity index (χ1) is 14.5. The van der Waals surface area contributed by atoms with Gasteiger partial charge in [0, 0.05) is 37.2 Å². The topological polar surface area (TPSA) is 80.9 Å². The molecule has 3 aromatic heterocycles. The number of nitrogens with zero attached hydrogens (tertiary/aromatic N) is 4. The van der Waals surface area contributed by atoms with Gasteiger partial charge in [0.05, 0.1) is 11.4 Å². The number of H-pyrrole nitrogens is 2. The lowest BCUT2D eigenvalue weighted by Crippen LogP contribution is -2.53. The summed E-state index contributed by atoms with van der Waals surface area (Å²) in [5.41, 5.74) is 3.55. The summed E-state index contributed by atoms with van der Waals surface area (Å²) >= 11 is 0. The van der Waals surface area contributed by atoms with Gasteiger partial charge in [-0.1, -0.05) is 25.1 Å². The third kappa shape index (κ3) is 2.93. The summed E-state index contributed by atoms with van der Waals surface area (Å²) in [5, 5.41) is 2.11. The number of aromatic nitrogens is 4. The molecule has 2 atom stereocenters. The first kappa shape index (κ1) is 18.7. The van der Waals surface area contributed by atoms with E-state index < -0.39 is 0 Å². The Morgan fingerprint density at radius 3 is 2.87 bits per heavy atom. The second-order valence-electron chi connectivity index (χ2n) is 8.30. The van der Waals surface area contributed by atoms with Crippen LogP contribution in [0.4, 0.5) is 5.82 Å². The molecule has 2 N–H and O–H groups in total. The quantitative estimate of drug-likeness (QED) is 0.547. The van der Waals surface area contributed by atoms with Crippen molar-refractivity contribution in [2.75, 3.05) is 25.0 Å². The summed E-state index contributed by atoms with van der Waals surface area (Å²) in [6.07, 6.45) is 4.44. The lowest BCUT2D eigenvalue weighted by atomic mass is 9.92. The van der Waals surface area contributed by atoms with Crippen LogP contribution in [0.3, 0.4) is 0 Å². The van der Waals surface area contributed by atoms with Crippen LogP contribution in [0.5, 0.6) is 0 Å². The van der Waals surface area contributed by atoms with Gasteiger partial charge in [0.2, 0.25) is 0 Å². The summed E-state index contributed by atoms with van der Waals surface area (Å²) in [6, 6.07) is 10.3. The van der Waals surface area contributed by atoms with Crippen molar-refractivity contribution >= 4 is 33.7 Å². The number of benzene rings is 1. The molecule has 1 fully saturated rings. The molecule has 2 unspecified atom stereocenters. The molecule has 4 heterocycles. The van der Waals surface area contributed by atoms with Crippen LogP contribution in [0.25, 0.3) is 21.9 Å². The number of carbonyl (C=O) groups is 1. The number of likely N-dealkylation sites (tertiary alicyclic amines) is 1. The van der Waals surface area contributed by atoms with Gasteiger partial charge in [0.1, 0.15) is 23.5 Å². The Labute approximate surface area is 175 Å². The molecule has 0 spiro atoms. The van der Waals surface area contributed by atoms with Crippen LogP contribution in [0.1, 0.15) is 29.4 Å². The molecule has 1 amide bonds. The molecule has 0 aliphatic carbocycles. The van der Waals surface area contributed by atoms with Crippen LogP contribution in [0.2, 0.25) is 0 Å². The molecular weight excluding hydrogens is 376 g/mol. The maximum Gasteiger partial charge on any atom is 0.270 e. The Balaban J connectivity index is 1.43. The minimum absolute atomic E-state index is 0.0727. The fraction of sp³-hybridized carbons (Fsp3) is 0.348. The molecule has 1 saturated heterocycles. The third-order valence-electron chi connectivity index (χ3n) is 6.55. The summed E-state index contributed by atoms with van der Waals surface area (Å²) in [4.78, 5) is 32.9. The highest BCUT2D eigenvalue weighted by atomic mass is 16.2. The Hall–Kier alpha value is -3.35. The number of rotatable bonds is 3. The normalized spacial score (nSPS) is 19.5. The molecule has 30 heavy (non-hydrogen) atoms. The molecule has 0 saturated carbocycles. The molecule has 4 aromatic rings. The molecule has 0 bridgehead atoms. The minimum Gasteiger partial charge on any atom is -0.354 e. The zero-order chi connectivity index (χ0) is 20.8. The average Bonchev–Trinajstić information content (AvgIpc) is 3.38. The summed E-state index contributed by atoms with van der Waals surface area (Å²) < 4.78 is 0. The molecule has 1 aliphatic rings. The van der Waals surface area contributed by atoms with Crippen molar-refractivity contribution in [1.82, 2.24) is 24.8 Å². The number of amides is 1. The highest BCUT2D eigenvalue weighted by molar-refractivity contribution is 6.01. The van der Waals surface area contributed by atoms with Crippen LogP contribution >= 0.6 is 0 Å². The molecule has 7 nitrogen and oxygen atoms in total. The van der Waals surface area contributed by atoms with Crippen molar-refractivity contribution in [1.29, 1.82) is 0 Å². The van der Waals surface area contributed by atoms with E-state index in [2.05, 4.69) is 44.9 Å². The summed E-state index contributed by atoms with van der Waals surface area (Å²) in [5.74, 6) is 1.42. The van der Waals surface area contributed by atoms with Gasteiger partial charge in [-0.3, -0.25) is 4.79 Å². The standard InChI is InChI=1S/C23H26N6O/c1-14-9-11-29(23(30)20-15(2)16-6-4-5-7-18(16)27-20)12-19(14)28(3)22-17-8-10-24-21(17)25-13-26-22/h4-8,10,13-14,19,27H,9,11-12H2,1-3H3,(H,24,25,26). The van der Waals surface area contributed by atoms with Gasteiger partial charge in [-0.05, 0) is 37.0 Å². The van der Waals surface area contributed by atoms with Gasteiger partial charge < -0.3 is 19.8 Å². The molecule has 1 aromatic carbocycles. The highest BCUT2D eigenvalue weighted by Gasteiger charge is 2.34. The highest BCUT2D eigenvalue weighted by Crippen LogP contribution is 2.30. The molecule has 1 aliphatic heterocycles. The fourth-order valence-electron chi connectivity index (χ4n) is 4.69. The largest absolute Gasteiger partial charge is 0.354 e. The van der Waals surface area contributed by atoms with Gasteiger partial charge in [-0.2, -0.15) is 0 Å². The predicted molar refractivity (Wildman–Crippen MR) is 119 cm³/mol. The Kier molecular flexibility index (Phi) is 4.46. The number of hydrogen-bond donors (Lipinski definition) is 2. The number of carbonyl (C=O) groups excluding carboxylic acids is 1. The van der Waals surface area contributed by atoms with Crippen molar-refractivity contribution in [3.05, 3.63) is 54.1 Å². The van der Waals surface area contributed by atoms with Crippen molar-refractivity contribution in [3.8, 4) is 0 Å². The van der Waals surface area contributed by atoms with E-state index in [1.807, 2.05) is 42.3 Å². The van der Waals surface area contributed by atoms with E-state index in [0.717, 1.165) is 46.3 Å². The fourth-order valence-corrected chi connectivity index (χ4v) is 4.69. The van der Waals surface area contributed by atoms with E-state index in [-0.39, 0.29) is 11.9 Å². The van der Waals surface area contributed by atoms with Crippen LogP contribution in [0, 0.1) is 12.8 Å². The van der Waals surface area contributed by atoms with Crippen molar-refractivity contribution in [3.63, 3.8) is 0 Å². The zero-order valence-corrected chi connectivity index (χ0v) is 17.5. The number of aryl methyl sites for hydroxylation is 1. The Bertz CT molecular complexity index is 1220. The number of piperidine rings is 1. The number of aromatic amines is 2. The van der Waals surface area contributed by atoms with Gasteiger partial charge >= 0.3 is 0 Å². The first-order valence-electron chi connectivity index (χ1n) is 10.4. The Morgan fingerprint density at radius 1 is 1.20 bits per heavy atom. The van der Waals surface area contributed by atoms with Gasteiger partial charge in [-0.15, -0.1) is 0 Å². The lowest BCUT2D eigenvalue weighted by Gasteiger charge is -2.42. The van der Waals surface area contributed by atoms with Gasteiger partial charge in [0.25, 0.3) is 5.91 Å². The van der Waals surface area contributed by atoms with Crippen LogP contribution in [-0.2, 0) is 0 Å². The number of para-hydroxylation sites is 1. The van der Waals surface area contributed by atoms with E-state index in [0.29, 0.717) is 18.2 Å². The number of likely N-dealkylation sites (N-methyl/N-ethyl adjacent to an activating group) is 1. The smallest absolute Gasteiger partial charge is 0.270 e. The molecule has 154 valence electrons. The van der Waals surface area contributed by atoms with E-state index in [4.69, 9.17) is 0 Å². The van der Waals surface area contributed by atoms with Crippen molar-refractivity contribution < 1.29 is 4.79 Å². The summed E-state index contributed by atoms with van der Waals surface area (Å²) in [6.45, 7) is 5.71. The Morgan fingerprint density at radius 2 is 2.03 bits per heavy atom. The molecule has 7 heteroatoms. The van der Waals surface area contributed by atoms with Gasteiger partial charge in [-0.25, -0.2) is 9.97 Å².